The summed E-state index contributed by atoms with van der Waals surface area (Å²) in [5.74, 6) is 0.793. The number of carbonyl (C=O) groups is 1. The molecule has 0 unspecified atom stereocenters. The number of rotatable bonds is 11. The fraction of sp³-hybridized carbons (Fsp3) is 0.625. The topological polar surface area (TPSA) is 92.8 Å². The van der Waals surface area contributed by atoms with Gasteiger partial charge in [0.1, 0.15) is 11.9 Å². The maximum atomic E-state index is 10.9. The molecule has 0 saturated heterocycles. The predicted octanol–water partition coefficient (Wildman–Crippen LogP) is 3.61. The van der Waals surface area contributed by atoms with Crippen LogP contribution in [0.1, 0.15) is 75.3 Å². The predicted molar refractivity (Wildman–Crippen MR) is 114 cm³/mol. The third kappa shape index (κ3) is 5.40. The Kier molecular flexibility index (Phi) is 7.73. The number of unbranched alkanes of at least 4 members (excludes halogenated alkanes) is 3. The molecule has 0 bridgehead atoms. The van der Waals surface area contributed by atoms with E-state index in [1.807, 2.05) is 12.2 Å². The van der Waals surface area contributed by atoms with Crippen LogP contribution in [-0.4, -0.2) is 34.4 Å². The third-order valence-electron chi connectivity index (χ3n) is 6.27. The van der Waals surface area contributed by atoms with Gasteiger partial charge in [-0.25, -0.2) is 0 Å². The first-order chi connectivity index (χ1) is 14.0. The molecular formula is C24H35NO4. The van der Waals surface area contributed by atoms with E-state index >= 15 is 0 Å². The van der Waals surface area contributed by atoms with Crippen molar-refractivity contribution in [2.45, 2.75) is 88.9 Å². The highest BCUT2D eigenvalue weighted by atomic mass is 16.5. The number of aliphatic hydroxyl groups is 2. The van der Waals surface area contributed by atoms with Gasteiger partial charge in [-0.05, 0) is 31.2 Å². The number of hydrogen-bond donors (Lipinski definition) is 3. The SMILES string of the molecule is CCCCC[C@H](O)/C=C/[C@@H]1[C@H]2c3cccc(CCCCC(N)=O)c3O[C@H]2C[C@H]1O. The van der Waals surface area contributed by atoms with Crippen LogP contribution in [0.2, 0.25) is 0 Å². The van der Waals surface area contributed by atoms with Crippen molar-refractivity contribution in [3.05, 3.63) is 41.5 Å². The molecule has 1 aromatic carbocycles. The fourth-order valence-electron chi connectivity index (χ4n) is 4.74. The highest BCUT2D eigenvalue weighted by Gasteiger charge is 2.48. The first-order valence-electron chi connectivity index (χ1n) is 11.1. The molecule has 5 heteroatoms. The zero-order valence-electron chi connectivity index (χ0n) is 17.4. The molecular weight excluding hydrogens is 366 g/mol. The molecule has 5 nitrogen and oxygen atoms in total. The number of hydrogen-bond acceptors (Lipinski definition) is 4. The van der Waals surface area contributed by atoms with Crippen LogP contribution in [0.4, 0.5) is 0 Å². The number of aryl methyl sites for hydroxylation is 1. The van der Waals surface area contributed by atoms with E-state index in [4.69, 9.17) is 10.5 Å². The van der Waals surface area contributed by atoms with Gasteiger partial charge in [0, 0.05) is 30.2 Å². The molecule has 2 aliphatic rings. The van der Waals surface area contributed by atoms with Crippen LogP contribution >= 0.6 is 0 Å². The quantitative estimate of drug-likeness (QED) is 0.390. The van der Waals surface area contributed by atoms with Crippen molar-refractivity contribution in [1.82, 2.24) is 0 Å². The van der Waals surface area contributed by atoms with Gasteiger partial charge in [0.2, 0.25) is 5.91 Å². The lowest BCUT2D eigenvalue weighted by Gasteiger charge is -2.18. The number of para-hydroxylation sites is 1. The van der Waals surface area contributed by atoms with Gasteiger partial charge in [-0.3, -0.25) is 4.79 Å². The highest BCUT2D eigenvalue weighted by molar-refractivity contribution is 5.73. The Morgan fingerprint density at radius 3 is 2.90 bits per heavy atom. The van der Waals surface area contributed by atoms with Crippen molar-refractivity contribution < 1.29 is 19.7 Å². The average molecular weight is 402 g/mol. The minimum absolute atomic E-state index is 0.0151. The molecule has 5 atom stereocenters. The number of fused-ring (bicyclic) bond motifs is 3. The number of primary amides is 1. The maximum Gasteiger partial charge on any atom is 0.217 e. The van der Waals surface area contributed by atoms with Gasteiger partial charge >= 0.3 is 0 Å². The molecule has 1 heterocycles. The van der Waals surface area contributed by atoms with Crippen molar-refractivity contribution in [3.8, 4) is 5.75 Å². The molecule has 4 N–H and O–H groups in total. The standard InChI is InChI=1S/C24H35NO4/c1-2-3-4-10-17(26)13-14-18-20(27)15-21-23(18)19-11-7-9-16(24(19)29-21)8-5-6-12-22(25)28/h7,9,11,13-14,17-18,20-21,23,26-27H,2-6,8,10,12,15H2,1H3,(H2,25,28)/b14-13+/t17-,18-,20+,21-,23-/m0/s1. The van der Waals surface area contributed by atoms with E-state index in [0.29, 0.717) is 12.8 Å². The largest absolute Gasteiger partial charge is 0.489 e. The molecule has 1 aliphatic carbocycles. The molecule has 0 aromatic heterocycles. The summed E-state index contributed by atoms with van der Waals surface area (Å²) < 4.78 is 6.28. The lowest BCUT2D eigenvalue weighted by Crippen LogP contribution is -2.17. The summed E-state index contributed by atoms with van der Waals surface area (Å²) >= 11 is 0. The number of carbonyl (C=O) groups excluding carboxylic acids is 1. The van der Waals surface area contributed by atoms with Crippen LogP contribution in [-0.2, 0) is 11.2 Å². The van der Waals surface area contributed by atoms with Crippen LogP contribution in [0.25, 0.3) is 0 Å². The summed E-state index contributed by atoms with van der Waals surface area (Å²) in [4.78, 5) is 10.9. The van der Waals surface area contributed by atoms with Crippen LogP contribution in [0.5, 0.6) is 5.75 Å². The summed E-state index contributed by atoms with van der Waals surface area (Å²) in [5, 5.41) is 20.8. The van der Waals surface area contributed by atoms with E-state index < -0.39 is 12.2 Å². The minimum atomic E-state index is -0.453. The average Bonchev–Trinajstić information content (AvgIpc) is 3.19. The third-order valence-corrected chi connectivity index (χ3v) is 6.27. The number of ether oxygens (including phenoxy) is 1. The lowest BCUT2D eigenvalue weighted by molar-refractivity contribution is -0.118. The van der Waals surface area contributed by atoms with Crippen molar-refractivity contribution >= 4 is 5.91 Å². The Morgan fingerprint density at radius 1 is 1.31 bits per heavy atom. The minimum Gasteiger partial charge on any atom is -0.489 e. The van der Waals surface area contributed by atoms with Gasteiger partial charge in [-0.15, -0.1) is 0 Å². The van der Waals surface area contributed by atoms with Crippen LogP contribution < -0.4 is 10.5 Å². The Hall–Kier alpha value is -1.85. The normalized spacial score (nSPS) is 26.3. The molecule has 0 spiro atoms. The van der Waals surface area contributed by atoms with Crippen LogP contribution in [0.15, 0.2) is 30.4 Å². The van der Waals surface area contributed by atoms with Crippen molar-refractivity contribution in [2.75, 3.05) is 0 Å². The summed E-state index contributed by atoms with van der Waals surface area (Å²) in [6, 6.07) is 6.24. The number of amides is 1. The second-order valence-corrected chi connectivity index (χ2v) is 8.52. The smallest absolute Gasteiger partial charge is 0.217 e. The molecule has 0 radical (unpaired) electrons. The summed E-state index contributed by atoms with van der Waals surface area (Å²) in [7, 11) is 0. The lowest BCUT2D eigenvalue weighted by atomic mass is 9.86. The molecule has 1 amide bonds. The van der Waals surface area contributed by atoms with Crippen molar-refractivity contribution in [2.24, 2.45) is 11.7 Å². The Bertz CT molecular complexity index is 717. The maximum absolute atomic E-state index is 10.9. The first kappa shape index (κ1) is 21.8. The van der Waals surface area contributed by atoms with Gasteiger partial charge in [0.05, 0.1) is 12.2 Å². The van der Waals surface area contributed by atoms with E-state index in [0.717, 1.165) is 61.8 Å². The highest BCUT2D eigenvalue weighted by Crippen LogP contribution is 2.52. The first-order valence-corrected chi connectivity index (χ1v) is 11.1. The Labute approximate surface area is 174 Å². The molecule has 160 valence electrons. The van der Waals surface area contributed by atoms with E-state index in [-0.39, 0.29) is 23.8 Å². The zero-order valence-corrected chi connectivity index (χ0v) is 17.4. The van der Waals surface area contributed by atoms with Gasteiger partial charge in [0.15, 0.2) is 0 Å². The molecule has 29 heavy (non-hydrogen) atoms. The zero-order chi connectivity index (χ0) is 20.8. The summed E-state index contributed by atoms with van der Waals surface area (Å²) in [6.45, 7) is 2.15. The monoisotopic (exact) mass is 401 g/mol. The van der Waals surface area contributed by atoms with Crippen LogP contribution in [0, 0.1) is 5.92 Å². The fourth-order valence-corrected chi connectivity index (χ4v) is 4.74. The number of aliphatic hydroxyl groups excluding tert-OH is 2. The number of benzene rings is 1. The molecule has 1 aliphatic heterocycles. The van der Waals surface area contributed by atoms with E-state index in [1.165, 1.54) is 0 Å². The van der Waals surface area contributed by atoms with Crippen molar-refractivity contribution in [1.29, 1.82) is 0 Å². The second-order valence-electron chi connectivity index (χ2n) is 8.52. The van der Waals surface area contributed by atoms with E-state index in [9.17, 15) is 15.0 Å². The molecule has 3 rings (SSSR count). The van der Waals surface area contributed by atoms with Gasteiger partial charge in [-0.1, -0.05) is 56.5 Å². The molecule has 1 saturated carbocycles. The van der Waals surface area contributed by atoms with Gasteiger partial charge in [-0.2, -0.15) is 0 Å². The Morgan fingerprint density at radius 2 is 2.14 bits per heavy atom. The van der Waals surface area contributed by atoms with Crippen molar-refractivity contribution in [3.63, 3.8) is 0 Å². The second kappa shape index (κ2) is 10.3. The van der Waals surface area contributed by atoms with E-state index in [2.05, 4.69) is 25.1 Å². The Balaban J connectivity index is 1.67. The molecule has 1 aromatic rings. The van der Waals surface area contributed by atoms with E-state index in [1.54, 1.807) is 0 Å². The van der Waals surface area contributed by atoms with Crippen LogP contribution in [0.3, 0.4) is 0 Å². The number of nitrogens with two attached hydrogens (primary N) is 1. The summed E-state index contributed by atoms with van der Waals surface area (Å²) in [5.41, 5.74) is 7.55. The molecule has 1 fully saturated rings. The van der Waals surface area contributed by atoms with Gasteiger partial charge < -0.3 is 20.7 Å². The van der Waals surface area contributed by atoms with Gasteiger partial charge in [0.25, 0.3) is 0 Å². The summed E-state index contributed by atoms with van der Waals surface area (Å²) in [6.07, 6.45) is 10.6.